The van der Waals surface area contributed by atoms with Gasteiger partial charge in [-0.15, -0.1) is 0 Å². The van der Waals surface area contributed by atoms with Gasteiger partial charge in [0.2, 0.25) is 0 Å². The number of rotatable bonds is 3. The third-order valence-corrected chi connectivity index (χ3v) is 3.92. The molecule has 106 valence electrons. The normalized spacial score (nSPS) is 17.8. The molecule has 0 aromatic carbocycles. The number of furan rings is 1. The number of methoxy groups -OCH3 is 1. The lowest BCUT2D eigenvalue weighted by atomic mass is 9.96. The van der Waals surface area contributed by atoms with Crippen LogP contribution in [-0.2, 0) is 22.5 Å². The SMILES string of the molecule is COC(=O)C1CCCn2c(Cc3ccco3)nc(Cl)c21. The fourth-order valence-corrected chi connectivity index (χ4v) is 3.06. The molecule has 1 atom stereocenters. The molecule has 1 unspecified atom stereocenters. The predicted octanol–water partition coefficient (Wildman–Crippen LogP) is 2.77. The average molecular weight is 295 g/mol. The Hall–Kier alpha value is -1.75. The predicted molar refractivity (Wildman–Crippen MR) is 72.7 cm³/mol. The molecule has 20 heavy (non-hydrogen) atoms. The van der Waals surface area contributed by atoms with Crippen LogP contribution in [0.15, 0.2) is 22.8 Å². The molecule has 1 aliphatic rings. The van der Waals surface area contributed by atoms with E-state index < -0.39 is 0 Å². The molecule has 3 rings (SSSR count). The number of hydrogen-bond donors (Lipinski definition) is 0. The molecule has 0 fully saturated rings. The van der Waals surface area contributed by atoms with E-state index in [2.05, 4.69) is 4.98 Å². The zero-order chi connectivity index (χ0) is 14.1. The molecule has 0 saturated carbocycles. The highest BCUT2D eigenvalue weighted by Gasteiger charge is 2.32. The zero-order valence-corrected chi connectivity index (χ0v) is 11.9. The van der Waals surface area contributed by atoms with Gasteiger partial charge in [0, 0.05) is 6.54 Å². The molecule has 0 amide bonds. The van der Waals surface area contributed by atoms with Gasteiger partial charge in [0.05, 0.1) is 25.5 Å². The van der Waals surface area contributed by atoms with E-state index >= 15 is 0 Å². The van der Waals surface area contributed by atoms with E-state index in [1.54, 1.807) is 6.26 Å². The zero-order valence-electron chi connectivity index (χ0n) is 11.1. The molecular weight excluding hydrogens is 280 g/mol. The molecule has 2 aromatic rings. The third kappa shape index (κ3) is 2.22. The van der Waals surface area contributed by atoms with Crippen LogP contribution in [0.4, 0.5) is 0 Å². The number of hydrogen-bond acceptors (Lipinski definition) is 4. The molecule has 0 aliphatic carbocycles. The molecule has 3 heterocycles. The summed E-state index contributed by atoms with van der Waals surface area (Å²) in [5.74, 6) is 1.08. The van der Waals surface area contributed by atoms with E-state index in [0.717, 1.165) is 36.7 Å². The number of imidazole rings is 1. The molecule has 2 aromatic heterocycles. The molecule has 1 aliphatic heterocycles. The Balaban J connectivity index is 1.97. The Morgan fingerprint density at radius 1 is 1.65 bits per heavy atom. The van der Waals surface area contributed by atoms with Crippen molar-refractivity contribution in [2.75, 3.05) is 7.11 Å². The topological polar surface area (TPSA) is 57.3 Å². The number of fused-ring (bicyclic) bond motifs is 1. The van der Waals surface area contributed by atoms with E-state index in [1.165, 1.54) is 7.11 Å². The summed E-state index contributed by atoms with van der Waals surface area (Å²) in [6, 6.07) is 3.74. The Labute approximate surface area is 121 Å². The van der Waals surface area contributed by atoms with E-state index in [-0.39, 0.29) is 11.9 Å². The van der Waals surface area contributed by atoms with Crippen LogP contribution in [0.5, 0.6) is 0 Å². The highest BCUT2D eigenvalue weighted by molar-refractivity contribution is 6.30. The minimum Gasteiger partial charge on any atom is -0.469 e. The van der Waals surface area contributed by atoms with Crippen LogP contribution in [0.2, 0.25) is 5.15 Å². The molecule has 0 N–H and O–H groups in total. The number of carbonyl (C=O) groups is 1. The number of esters is 1. The van der Waals surface area contributed by atoms with E-state index in [4.69, 9.17) is 20.8 Å². The largest absolute Gasteiger partial charge is 0.469 e. The highest BCUT2D eigenvalue weighted by atomic mass is 35.5. The number of halogens is 1. The van der Waals surface area contributed by atoms with Crippen LogP contribution >= 0.6 is 11.6 Å². The summed E-state index contributed by atoms with van der Waals surface area (Å²) in [5, 5.41) is 0.390. The van der Waals surface area contributed by atoms with Gasteiger partial charge in [-0.2, -0.15) is 0 Å². The van der Waals surface area contributed by atoms with E-state index in [0.29, 0.717) is 11.6 Å². The number of ether oxygens (including phenoxy) is 1. The van der Waals surface area contributed by atoms with Crippen LogP contribution in [0, 0.1) is 0 Å². The van der Waals surface area contributed by atoms with Gasteiger partial charge in [-0.3, -0.25) is 4.79 Å². The van der Waals surface area contributed by atoms with Crippen molar-refractivity contribution in [3.05, 3.63) is 40.8 Å². The lowest BCUT2D eigenvalue weighted by Crippen LogP contribution is -2.24. The monoisotopic (exact) mass is 294 g/mol. The molecule has 0 bridgehead atoms. The van der Waals surface area contributed by atoms with E-state index in [9.17, 15) is 4.79 Å². The van der Waals surface area contributed by atoms with Gasteiger partial charge in [-0.05, 0) is 25.0 Å². The summed E-state index contributed by atoms with van der Waals surface area (Å²) in [7, 11) is 1.40. The van der Waals surface area contributed by atoms with Crippen LogP contribution in [0.25, 0.3) is 0 Å². The minimum absolute atomic E-state index is 0.253. The first-order chi connectivity index (χ1) is 9.70. The van der Waals surface area contributed by atoms with Crippen LogP contribution in [0.3, 0.4) is 0 Å². The summed E-state index contributed by atoms with van der Waals surface area (Å²) in [6.07, 6.45) is 3.86. The molecule has 0 spiro atoms. The molecule has 0 saturated heterocycles. The molecule has 5 nitrogen and oxygen atoms in total. The number of carbonyl (C=O) groups excluding carboxylic acids is 1. The van der Waals surface area contributed by atoms with Gasteiger partial charge in [0.15, 0.2) is 5.15 Å². The summed E-state index contributed by atoms with van der Waals surface area (Å²) in [4.78, 5) is 16.3. The van der Waals surface area contributed by atoms with Crippen molar-refractivity contribution in [2.45, 2.75) is 31.7 Å². The van der Waals surface area contributed by atoms with Gasteiger partial charge < -0.3 is 13.7 Å². The fraction of sp³-hybridized carbons (Fsp3) is 0.429. The maximum absolute atomic E-state index is 11.9. The molecule has 6 heteroatoms. The fourth-order valence-electron chi connectivity index (χ4n) is 2.73. The Bertz CT molecular complexity index is 619. The van der Waals surface area contributed by atoms with Crippen LogP contribution < -0.4 is 0 Å². The van der Waals surface area contributed by atoms with Crippen molar-refractivity contribution in [3.63, 3.8) is 0 Å². The lowest BCUT2D eigenvalue weighted by molar-refractivity contribution is -0.143. The van der Waals surface area contributed by atoms with Crippen molar-refractivity contribution in [1.82, 2.24) is 9.55 Å². The van der Waals surface area contributed by atoms with Crippen molar-refractivity contribution in [1.29, 1.82) is 0 Å². The first kappa shape index (κ1) is 13.2. The van der Waals surface area contributed by atoms with Crippen LogP contribution in [0.1, 0.15) is 36.0 Å². The van der Waals surface area contributed by atoms with Gasteiger partial charge in [-0.25, -0.2) is 4.98 Å². The summed E-state index contributed by atoms with van der Waals surface area (Å²) >= 11 is 6.23. The standard InChI is InChI=1S/C14H15ClN2O3/c1-19-14(18)10-5-2-6-17-11(16-13(15)12(10)17)8-9-4-3-7-20-9/h3-4,7,10H,2,5-6,8H2,1H3. The van der Waals surface area contributed by atoms with Gasteiger partial charge >= 0.3 is 5.97 Å². The van der Waals surface area contributed by atoms with Crippen molar-refractivity contribution in [3.8, 4) is 0 Å². The second kappa shape index (κ2) is 5.32. The Morgan fingerprint density at radius 2 is 2.50 bits per heavy atom. The Kier molecular flexibility index (Phi) is 3.53. The maximum Gasteiger partial charge on any atom is 0.314 e. The summed E-state index contributed by atoms with van der Waals surface area (Å²) in [5.41, 5.74) is 0.770. The van der Waals surface area contributed by atoms with Gasteiger partial charge in [0.1, 0.15) is 17.5 Å². The third-order valence-electron chi connectivity index (χ3n) is 3.64. The first-order valence-corrected chi connectivity index (χ1v) is 6.93. The summed E-state index contributed by atoms with van der Waals surface area (Å²) in [6.45, 7) is 0.818. The molecular formula is C14H15ClN2O3. The Morgan fingerprint density at radius 3 is 3.20 bits per heavy atom. The highest BCUT2D eigenvalue weighted by Crippen LogP contribution is 2.35. The van der Waals surface area contributed by atoms with Gasteiger partial charge in [0.25, 0.3) is 0 Å². The second-order valence-electron chi connectivity index (χ2n) is 4.83. The maximum atomic E-state index is 11.9. The number of aromatic nitrogens is 2. The van der Waals surface area contributed by atoms with E-state index in [1.807, 2.05) is 16.7 Å². The van der Waals surface area contributed by atoms with Crippen molar-refractivity contribution < 1.29 is 13.9 Å². The minimum atomic E-state index is -0.320. The average Bonchev–Trinajstić information content (AvgIpc) is 3.07. The van der Waals surface area contributed by atoms with Crippen molar-refractivity contribution >= 4 is 17.6 Å². The smallest absolute Gasteiger partial charge is 0.314 e. The molecule has 0 radical (unpaired) electrons. The quantitative estimate of drug-likeness (QED) is 0.817. The lowest BCUT2D eigenvalue weighted by Gasteiger charge is -2.23. The second-order valence-corrected chi connectivity index (χ2v) is 5.19. The van der Waals surface area contributed by atoms with Crippen molar-refractivity contribution in [2.24, 2.45) is 0 Å². The number of nitrogens with zero attached hydrogens (tertiary/aromatic N) is 2. The first-order valence-electron chi connectivity index (χ1n) is 6.55. The van der Waals surface area contributed by atoms with Crippen LogP contribution in [-0.4, -0.2) is 22.6 Å². The van der Waals surface area contributed by atoms with Gasteiger partial charge in [-0.1, -0.05) is 11.6 Å². The summed E-state index contributed by atoms with van der Waals surface area (Å²) < 4.78 is 12.2.